The van der Waals surface area contributed by atoms with Gasteiger partial charge in [-0.15, -0.1) is 0 Å². The Morgan fingerprint density at radius 1 is 0.171 bits per heavy atom. The van der Waals surface area contributed by atoms with E-state index in [4.69, 9.17) is 5.73 Å². The number of aryl methyl sites for hydroxylation is 6. The number of nitrogens with zero attached hydrogens (tertiary/aromatic N) is 6. The Kier molecular flexibility index (Phi) is 35.9. The SMILES string of the molecule is NC(=O)c1ccccc1CN(CCCCc1ccccc1)C(=O)c1ccccc1CN(CCCCc1ccccc1)C(=O)c1ccccc1CN(CCCCc1ccccc1)C(=O)c1ccccc1CN(CCCCc1ccccc1)C(=O)c1ccccc1CN(CCCCc1ccccc1)C(=O)c1ccccc1CN(CCCCc1ccccc1)C(=O)c1ccccc1. The van der Waals surface area contributed by atoms with E-state index in [1.807, 2.05) is 285 Å². The first-order chi connectivity index (χ1) is 63.4. The molecule has 14 nitrogen and oxygen atoms in total. The zero-order valence-electron chi connectivity index (χ0n) is 74.4. The summed E-state index contributed by atoms with van der Waals surface area (Å²) in [5.74, 6) is -1.81. The lowest BCUT2D eigenvalue weighted by Crippen LogP contribution is -2.37. The van der Waals surface area contributed by atoms with Gasteiger partial charge in [-0.25, -0.2) is 0 Å². The van der Waals surface area contributed by atoms with E-state index in [0.29, 0.717) is 138 Å². The molecule has 0 heterocycles. The van der Waals surface area contributed by atoms with E-state index in [9.17, 15) is 9.59 Å². The Morgan fingerprint density at radius 2 is 0.326 bits per heavy atom. The van der Waals surface area contributed by atoms with Gasteiger partial charge in [0.25, 0.3) is 35.4 Å². The topological polar surface area (TPSA) is 165 Å². The second kappa shape index (κ2) is 49.9. The molecule has 0 aliphatic carbocycles. The van der Waals surface area contributed by atoms with Crippen molar-refractivity contribution < 1.29 is 33.6 Å². The van der Waals surface area contributed by atoms with E-state index in [1.165, 1.54) is 33.4 Å². The predicted molar refractivity (Wildman–Crippen MR) is 518 cm³/mol. The lowest BCUT2D eigenvalue weighted by Gasteiger charge is -2.30. The van der Waals surface area contributed by atoms with Crippen LogP contribution in [0.25, 0.3) is 0 Å². The van der Waals surface area contributed by atoms with Crippen molar-refractivity contribution in [1.82, 2.24) is 29.4 Å². The van der Waals surface area contributed by atoms with Crippen molar-refractivity contribution in [1.29, 1.82) is 0 Å². The summed E-state index contributed by atoms with van der Waals surface area (Å²) in [4.78, 5) is 119. The van der Waals surface area contributed by atoms with Crippen LogP contribution in [-0.2, 0) is 77.8 Å². The molecule has 7 amide bonds. The van der Waals surface area contributed by atoms with Gasteiger partial charge in [0, 0.05) is 117 Å². The van der Waals surface area contributed by atoms with E-state index in [0.717, 1.165) is 89.0 Å². The van der Waals surface area contributed by atoms with Gasteiger partial charge in [0.15, 0.2) is 0 Å². The molecule has 0 unspecified atom stereocenters. The highest BCUT2D eigenvalue weighted by Gasteiger charge is 2.31. The Balaban J connectivity index is 0.798. The van der Waals surface area contributed by atoms with E-state index < -0.39 is 5.91 Å². The second-order valence-corrected chi connectivity index (χ2v) is 33.7. The zero-order valence-corrected chi connectivity index (χ0v) is 74.4. The number of hydrogen-bond donors (Lipinski definition) is 1. The molecule has 0 bridgehead atoms. The minimum absolute atomic E-state index is 0.0874. The van der Waals surface area contributed by atoms with Crippen LogP contribution in [0.4, 0.5) is 0 Å². The molecule has 0 aliphatic rings. The summed E-state index contributed by atoms with van der Waals surface area (Å²) >= 11 is 0. The van der Waals surface area contributed by atoms with Gasteiger partial charge in [-0.2, -0.15) is 0 Å². The van der Waals surface area contributed by atoms with Gasteiger partial charge in [0.1, 0.15) is 0 Å². The summed E-state index contributed by atoms with van der Waals surface area (Å²) < 4.78 is 0. The van der Waals surface area contributed by atoms with Crippen LogP contribution in [0.5, 0.6) is 0 Å². The standard InChI is InChI=1S/C115H121N7O7/c116-109(123)103-72-28-22-66-97(103)84-118(79-41-35-59-91-48-10-2-11-49-91)111(125)105-74-30-24-68-99(105)86-120(81-43-37-61-93-52-14-4-15-53-93)113(127)107-76-32-26-70-101(107)88-122(83-45-39-63-95-56-18-6-19-57-95)115(129)108-77-33-27-71-102(108)89-121(82-44-38-62-94-54-16-5-17-55-94)114(128)106-75-31-25-69-100(106)87-119(80-42-36-60-92-50-12-3-13-51-92)112(126)104-73-29-23-67-98(104)85-117(110(124)96-64-20-7-21-65-96)78-40-34-58-90-46-8-1-9-47-90/h1-33,46-57,64-77H,34-45,58-63,78-89H2,(H2,116,123). The third-order valence-corrected chi connectivity index (χ3v) is 24.4. The minimum atomic E-state index is -0.573. The van der Waals surface area contributed by atoms with Crippen molar-refractivity contribution in [2.75, 3.05) is 39.3 Å². The first-order valence-corrected chi connectivity index (χ1v) is 46.2. The normalized spacial score (nSPS) is 11.0. The molecule has 0 spiro atoms. The molecule has 13 aromatic carbocycles. The molecular weight excluding hydrogens is 1590 g/mol. The van der Waals surface area contributed by atoms with Gasteiger partial charge in [-0.1, -0.05) is 309 Å². The highest BCUT2D eigenvalue weighted by molar-refractivity contribution is 6.01. The Labute approximate surface area is 763 Å². The number of nitrogens with two attached hydrogens (primary N) is 1. The summed E-state index contributed by atoms with van der Waals surface area (Å²) in [6, 6.07) is 117. The maximum absolute atomic E-state index is 16.3. The van der Waals surface area contributed by atoms with Gasteiger partial charge < -0.3 is 35.1 Å². The minimum Gasteiger partial charge on any atom is -0.366 e. The zero-order chi connectivity index (χ0) is 89.4. The van der Waals surface area contributed by atoms with Gasteiger partial charge in [-0.05, 0) is 231 Å². The molecule has 2 N–H and O–H groups in total. The number of carbonyl (C=O) groups excluding carboxylic acids is 7. The predicted octanol–water partition coefficient (Wildman–Crippen LogP) is 22.8. The maximum atomic E-state index is 16.3. The van der Waals surface area contributed by atoms with Gasteiger partial charge in [0.05, 0.1) is 0 Å². The van der Waals surface area contributed by atoms with Gasteiger partial charge in [-0.3, -0.25) is 33.6 Å². The van der Waals surface area contributed by atoms with Crippen molar-refractivity contribution in [2.45, 2.75) is 155 Å². The van der Waals surface area contributed by atoms with E-state index in [1.54, 1.807) is 17.0 Å². The molecule has 0 fully saturated rings. The molecule has 0 aliphatic heterocycles. The van der Waals surface area contributed by atoms with Crippen molar-refractivity contribution in [3.05, 3.63) is 464 Å². The molecule has 0 atom stereocenters. The van der Waals surface area contributed by atoms with Crippen LogP contribution in [0, 0.1) is 0 Å². The van der Waals surface area contributed by atoms with Crippen molar-refractivity contribution in [2.24, 2.45) is 5.73 Å². The van der Waals surface area contributed by atoms with Crippen molar-refractivity contribution in [3.8, 4) is 0 Å². The largest absolute Gasteiger partial charge is 0.366 e. The van der Waals surface area contributed by atoms with Crippen LogP contribution in [-0.4, -0.2) is 110 Å². The monoisotopic (exact) mass is 1710 g/mol. The fraction of sp³-hybridized carbons (Fsp3) is 0.261. The first-order valence-electron chi connectivity index (χ1n) is 46.2. The quantitative estimate of drug-likeness (QED) is 0.0371. The van der Waals surface area contributed by atoms with Crippen LogP contribution in [0.15, 0.2) is 358 Å². The number of rotatable bonds is 49. The Bertz CT molecular complexity index is 5700. The Morgan fingerprint density at radius 3 is 0.519 bits per heavy atom. The molecule has 0 saturated carbocycles. The van der Waals surface area contributed by atoms with E-state index in [2.05, 4.69) is 84.9 Å². The van der Waals surface area contributed by atoms with E-state index in [-0.39, 0.29) is 74.7 Å². The summed E-state index contributed by atoms with van der Waals surface area (Å²) in [6.45, 7) is 3.16. The lowest BCUT2D eigenvalue weighted by atomic mass is 10.00. The molecule has 0 saturated heterocycles. The summed E-state index contributed by atoms with van der Waals surface area (Å²) in [7, 11) is 0. The number of hydrogen-bond acceptors (Lipinski definition) is 7. The first kappa shape index (κ1) is 92.8. The maximum Gasteiger partial charge on any atom is 0.254 e. The second-order valence-electron chi connectivity index (χ2n) is 33.7. The Hall–Kier alpha value is -13.9. The summed E-state index contributed by atoms with van der Waals surface area (Å²) in [5.41, 5.74) is 20.5. The molecule has 0 aromatic heterocycles. The van der Waals surface area contributed by atoms with Crippen molar-refractivity contribution >= 4 is 41.4 Å². The molecule has 129 heavy (non-hydrogen) atoms. The molecule has 13 rings (SSSR count). The van der Waals surface area contributed by atoms with Crippen LogP contribution in [0.2, 0.25) is 0 Å². The van der Waals surface area contributed by atoms with Gasteiger partial charge in [0.2, 0.25) is 5.91 Å². The van der Waals surface area contributed by atoms with Gasteiger partial charge >= 0.3 is 0 Å². The molecule has 13 aromatic rings. The average molecular weight is 1710 g/mol. The number of carbonyl (C=O) groups is 7. The highest BCUT2D eigenvalue weighted by atomic mass is 16.2. The molecule has 0 radical (unpaired) electrons. The third kappa shape index (κ3) is 28.1. The lowest BCUT2D eigenvalue weighted by molar-refractivity contribution is 0.0697. The van der Waals surface area contributed by atoms with Crippen LogP contribution in [0.3, 0.4) is 0 Å². The molecule has 14 heteroatoms. The average Bonchev–Trinajstić information content (AvgIpc) is 0.799. The summed E-state index contributed by atoms with van der Waals surface area (Å²) in [5, 5.41) is 0. The highest BCUT2D eigenvalue weighted by Crippen LogP contribution is 2.29. The third-order valence-electron chi connectivity index (χ3n) is 24.4. The number of primary amides is 1. The van der Waals surface area contributed by atoms with E-state index >= 15 is 24.0 Å². The number of unbranched alkanes of at least 4 members (excludes halogenated alkanes) is 6. The number of amides is 7. The van der Waals surface area contributed by atoms with Crippen LogP contribution in [0.1, 0.15) is 216 Å². The molecule has 658 valence electrons. The van der Waals surface area contributed by atoms with Crippen LogP contribution >= 0.6 is 0 Å². The fourth-order valence-electron chi connectivity index (χ4n) is 17.3. The van der Waals surface area contributed by atoms with Crippen molar-refractivity contribution in [3.63, 3.8) is 0 Å². The summed E-state index contributed by atoms with van der Waals surface area (Å²) in [6.07, 6.45) is 14.0. The number of benzene rings is 13. The van der Waals surface area contributed by atoms with Crippen LogP contribution < -0.4 is 5.73 Å². The smallest absolute Gasteiger partial charge is 0.254 e. The fourth-order valence-corrected chi connectivity index (χ4v) is 17.3. The molecular formula is C115H121N7O7.